The van der Waals surface area contributed by atoms with E-state index in [1.54, 1.807) is 13.8 Å². The highest BCUT2D eigenvalue weighted by Crippen LogP contribution is 2.29. The molecule has 0 fully saturated rings. The van der Waals surface area contributed by atoms with Gasteiger partial charge in [0.15, 0.2) is 0 Å². The maximum Gasteiger partial charge on any atom is 0.348 e. The maximum atomic E-state index is 12.5. The van der Waals surface area contributed by atoms with Crippen LogP contribution in [0.4, 0.5) is 5.69 Å². The largest absolute Gasteiger partial charge is 0.465 e. The number of hydrogen-bond acceptors (Lipinski definition) is 7. The predicted molar refractivity (Wildman–Crippen MR) is 93.6 cm³/mol. The van der Waals surface area contributed by atoms with Gasteiger partial charge in [-0.05, 0) is 49.7 Å². The van der Waals surface area contributed by atoms with Gasteiger partial charge in [-0.1, -0.05) is 0 Å². The lowest BCUT2D eigenvalue weighted by atomic mass is 10.2. The van der Waals surface area contributed by atoms with Crippen LogP contribution >= 0.6 is 11.3 Å². The third kappa shape index (κ3) is 4.37. The van der Waals surface area contributed by atoms with Gasteiger partial charge in [-0.3, -0.25) is 4.72 Å². The summed E-state index contributed by atoms with van der Waals surface area (Å²) in [7, 11) is -2.63. The summed E-state index contributed by atoms with van der Waals surface area (Å²) in [6.07, 6.45) is 0. The fraction of sp³-hybridized carbons (Fsp3) is 0.250. The van der Waals surface area contributed by atoms with Gasteiger partial charge in [0, 0.05) is 5.69 Å². The number of methoxy groups -OCH3 is 1. The molecule has 25 heavy (non-hydrogen) atoms. The number of anilines is 1. The molecule has 0 aliphatic heterocycles. The number of nitrogens with one attached hydrogen (secondary N) is 1. The Morgan fingerprint density at radius 1 is 1.16 bits per heavy atom. The molecule has 0 radical (unpaired) electrons. The number of rotatable bonds is 6. The van der Waals surface area contributed by atoms with Crippen molar-refractivity contribution in [2.45, 2.75) is 18.1 Å². The monoisotopic (exact) mass is 383 g/mol. The van der Waals surface area contributed by atoms with Crippen molar-refractivity contribution in [2.75, 3.05) is 18.4 Å². The van der Waals surface area contributed by atoms with E-state index >= 15 is 0 Å². The molecule has 0 saturated heterocycles. The number of carbonyl (C=O) groups is 2. The fourth-order valence-electron chi connectivity index (χ4n) is 2.02. The Labute approximate surface area is 149 Å². The predicted octanol–water partition coefficient (Wildman–Crippen LogP) is 2.82. The summed E-state index contributed by atoms with van der Waals surface area (Å²) in [5.74, 6) is -1.07. The Hall–Kier alpha value is -2.39. The van der Waals surface area contributed by atoms with Crippen molar-refractivity contribution in [3.8, 4) is 0 Å². The van der Waals surface area contributed by atoms with Crippen molar-refractivity contribution < 1.29 is 27.5 Å². The van der Waals surface area contributed by atoms with Gasteiger partial charge < -0.3 is 9.47 Å². The number of aryl methyl sites for hydroxylation is 1. The number of benzene rings is 1. The Kier molecular flexibility index (Phi) is 5.81. The molecule has 9 heteroatoms. The summed E-state index contributed by atoms with van der Waals surface area (Å²) in [5, 5.41) is 0. The highest BCUT2D eigenvalue weighted by molar-refractivity contribution is 7.94. The van der Waals surface area contributed by atoms with Crippen LogP contribution in [-0.4, -0.2) is 34.1 Å². The highest BCUT2D eigenvalue weighted by Gasteiger charge is 2.23. The second kappa shape index (κ2) is 7.66. The smallest absolute Gasteiger partial charge is 0.348 e. The van der Waals surface area contributed by atoms with E-state index < -0.39 is 22.0 Å². The minimum absolute atomic E-state index is 0.0300. The number of ether oxygens (including phenoxy) is 2. The number of thiophene rings is 1. The molecule has 7 nitrogen and oxygen atoms in total. The van der Waals surface area contributed by atoms with Crippen molar-refractivity contribution in [1.82, 2.24) is 0 Å². The molecule has 134 valence electrons. The Balaban J connectivity index is 2.23. The number of carbonyl (C=O) groups excluding carboxylic acids is 2. The van der Waals surface area contributed by atoms with E-state index in [9.17, 15) is 18.0 Å². The molecule has 1 N–H and O–H groups in total. The third-order valence-corrected chi connectivity index (χ3v) is 6.39. The summed E-state index contributed by atoms with van der Waals surface area (Å²) in [4.78, 5) is 23.4. The third-order valence-electron chi connectivity index (χ3n) is 3.15. The van der Waals surface area contributed by atoms with Crippen LogP contribution in [0.3, 0.4) is 0 Å². The molecule has 0 unspecified atom stereocenters. The minimum Gasteiger partial charge on any atom is -0.465 e. The molecular formula is C16H17NO6S2. The molecule has 2 aromatic rings. The summed E-state index contributed by atoms with van der Waals surface area (Å²) in [6.45, 7) is 3.56. The molecule has 0 amide bonds. The number of sulfonamides is 1. The minimum atomic E-state index is -3.86. The first-order valence-electron chi connectivity index (χ1n) is 7.27. The molecule has 0 aliphatic rings. The topological polar surface area (TPSA) is 98.8 Å². The standard InChI is InChI=1S/C16H17NO6S2/c1-4-23-14(18)11-5-7-12(8-6-11)17-25(20,21)16-10(2)9-13(24-16)15(19)22-3/h5-9,17H,4H2,1-3H3. The van der Waals surface area contributed by atoms with E-state index in [4.69, 9.17) is 4.74 Å². The molecule has 0 bridgehead atoms. The van der Waals surface area contributed by atoms with E-state index in [0.29, 0.717) is 16.8 Å². The second-order valence-corrected chi connectivity index (χ2v) is 7.91. The van der Waals surface area contributed by atoms with Gasteiger partial charge in [0.25, 0.3) is 10.0 Å². The molecule has 1 aromatic carbocycles. The first-order valence-corrected chi connectivity index (χ1v) is 9.57. The van der Waals surface area contributed by atoms with Gasteiger partial charge >= 0.3 is 11.9 Å². The van der Waals surface area contributed by atoms with Gasteiger partial charge in [0.2, 0.25) is 0 Å². The quantitative estimate of drug-likeness (QED) is 0.770. The molecule has 0 aliphatic carbocycles. The van der Waals surface area contributed by atoms with Crippen molar-refractivity contribution in [3.05, 3.63) is 46.3 Å². The van der Waals surface area contributed by atoms with Crippen LogP contribution < -0.4 is 4.72 Å². The van der Waals surface area contributed by atoms with Gasteiger partial charge in [0.1, 0.15) is 9.09 Å². The molecule has 0 saturated carbocycles. The van der Waals surface area contributed by atoms with Crippen LogP contribution in [0.15, 0.2) is 34.5 Å². The highest BCUT2D eigenvalue weighted by atomic mass is 32.2. The molecule has 0 spiro atoms. The van der Waals surface area contributed by atoms with Gasteiger partial charge in [0.05, 0.1) is 19.3 Å². The lowest BCUT2D eigenvalue weighted by Gasteiger charge is -2.08. The first-order chi connectivity index (χ1) is 11.8. The normalized spacial score (nSPS) is 11.0. The number of hydrogen-bond donors (Lipinski definition) is 1. The molecule has 0 atom stereocenters. The summed E-state index contributed by atoms with van der Waals surface area (Å²) < 4.78 is 37.0. The average Bonchev–Trinajstić information content (AvgIpc) is 2.97. The first kappa shape index (κ1) is 18.9. The fourth-order valence-corrected chi connectivity index (χ4v) is 4.70. The Morgan fingerprint density at radius 3 is 2.36 bits per heavy atom. The van der Waals surface area contributed by atoms with Crippen LogP contribution in [0, 0.1) is 6.92 Å². The molecule has 1 heterocycles. The van der Waals surface area contributed by atoms with Crippen molar-refractivity contribution >= 4 is 39.0 Å². The lowest BCUT2D eigenvalue weighted by Crippen LogP contribution is -2.12. The summed E-state index contributed by atoms with van der Waals surface area (Å²) in [5.41, 5.74) is 1.06. The van der Waals surface area contributed by atoms with Crippen molar-refractivity contribution in [1.29, 1.82) is 0 Å². The van der Waals surface area contributed by atoms with Crippen LogP contribution in [-0.2, 0) is 19.5 Å². The van der Waals surface area contributed by atoms with Crippen LogP contribution in [0.1, 0.15) is 32.5 Å². The van der Waals surface area contributed by atoms with E-state index in [1.807, 2.05) is 0 Å². The van der Waals surface area contributed by atoms with E-state index in [-0.39, 0.29) is 15.7 Å². The Bertz CT molecular complexity index is 884. The summed E-state index contributed by atoms with van der Waals surface area (Å²) in [6, 6.07) is 7.34. The summed E-state index contributed by atoms with van der Waals surface area (Å²) >= 11 is 0.834. The van der Waals surface area contributed by atoms with E-state index in [0.717, 1.165) is 11.3 Å². The maximum absolute atomic E-state index is 12.5. The van der Waals surface area contributed by atoms with Crippen molar-refractivity contribution in [2.24, 2.45) is 0 Å². The van der Waals surface area contributed by atoms with Gasteiger partial charge in [-0.25, -0.2) is 18.0 Å². The van der Waals surface area contributed by atoms with Crippen LogP contribution in [0.5, 0.6) is 0 Å². The van der Waals surface area contributed by atoms with E-state index in [1.165, 1.54) is 37.4 Å². The SMILES string of the molecule is CCOC(=O)c1ccc(NS(=O)(=O)c2sc(C(=O)OC)cc2C)cc1. The zero-order valence-corrected chi connectivity index (χ0v) is 15.5. The second-order valence-electron chi connectivity index (χ2n) is 4.98. The van der Waals surface area contributed by atoms with Crippen molar-refractivity contribution in [3.63, 3.8) is 0 Å². The number of esters is 2. The molecule has 2 rings (SSSR count). The van der Waals surface area contributed by atoms with Gasteiger partial charge in [-0.2, -0.15) is 0 Å². The Morgan fingerprint density at radius 2 is 1.80 bits per heavy atom. The zero-order chi connectivity index (χ0) is 18.6. The van der Waals surface area contributed by atoms with Crippen LogP contribution in [0.25, 0.3) is 0 Å². The van der Waals surface area contributed by atoms with Crippen LogP contribution in [0.2, 0.25) is 0 Å². The van der Waals surface area contributed by atoms with Gasteiger partial charge in [-0.15, -0.1) is 11.3 Å². The molecule has 1 aromatic heterocycles. The average molecular weight is 383 g/mol. The molecular weight excluding hydrogens is 366 g/mol. The lowest BCUT2D eigenvalue weighted by molar-refractivity contribution is 0.0525. The van der Waals surface area contributed by atoms with E-state index in [2.05, 4.69) is 9.46 Å². The zero-order valence-electron chi connectivity index (χ0n) is 13.9.